The maximum atomic E-state index is 14.8. The van der Waals surface area contributed by atoms with E-state index in [9.17, 15) is 18.4 Å². The van der Waals surface area contributed by atoms with Crippen LogP contribution in [0.5, 0.6) is 11.5 Å². The third-order valence-corrected chi connectivity index (χ3v) is 7.63. The van der Waals surface area contributed by atoms with E-state index in [0.717, 1.165) is 45.4 Å². The minimum absolute atomic E-state index is 0.0150. The molecule has 3 aromatic rings. The number of thiocarbonyl (C=S) groups is 1. The molecular formula is C32H39F2N7O3S. The van der Waals surface area contributed by atoms with Gasteiger partial charge in [-0.15, -0.1) is 0 Å². The molecule has 0 saturated carbocycles. The molecule has 0 radical (unpaired) electrons. The van der Waals surface area contributed by atoms with Crippen LogP contribution in [0.2, 0.25) is 0 Å². The molecule has 3 N–H and O–H groups in total. The van der Waals surface area contributed by atoms with Crippen LogP contribution in [0.15, 0.2) is 60.8 Å². The third-order valence-electron chi connectivity index (χ3n) is 7.43. The van der Waals surface area contributed by atoms with Crippen molar-refractivity contribution in [2.24, 2.45) is 0 Å². The van der Waals surface area contributed by atoms with Gasteiger partial charge >= 0.3 is 6.03 Å². The molecule has 1 fully saturated rings. The second kappa shape index (κ2) is 16.2. The highest BCUT2D eigenvalue weighted by Crippen LogP contribution is 2.27. The average molecular weight is 640 g/mol. The Labute approximate surface area is 267 Å². The first-order valence-electron chi connectivity index (χ1n) is 14.8. The summed E-state index contributed by atoms with van der Waals surface area (Å²) in [4.78, 5) is 35.8. The Morgan fingerprint density at radius 2 is 1.71 bits per heavy atom. The molecule has 240 valence electrons. The lowest BCUT2D eigenvalue weighted by molar-refractivity contribution is -0.119. The number of nitrogens with zero attached hydrogens (tertiary/aromatic N) is 4. The third kappa shape index (κ3) is 10.7. The van der Waals surface area contributed by atoms with Crippen molar-refractivity contribution in [1.82, 2.24) is 25.0 Å². The highest BCUT2D eigenvalue weighted by atomic mass is 32.1. The Morgan fingerprint density at radius 3 is 2.40 bits per heavy atom. The number of nitrogens with one attached hydrogen (secondary N) is 3. The molecule has 0 aliphatic carbocycles. The summed E-state index contributed by atoms with van der Waals surface area (Å²) in [5, 5.41) is 7.87. The van der Waals surface area contributed by atoms with E-state index in [4.69, 9.17) is 17.0 Å². The van der Waals surface area contributed by atoms with Gasteiger partial charge in [-0.05, 0) is 94.6 Å². The second-order valence-corrected chi connectivity index (χ2v) is 11.6. The number of hydrogen-bond acceptors (Lipinski definition) is 7. The standard InChI is InChI=1S/C32H39F2N7O3S/c1-39(2)15-4-16-41-17-12-24(13-18-41)40(3)32(43)37-29-21-26(11-14-35-29)44-25-9-10-28(27(34)20-25)36-31(45)38-30(42)19-22-5-7-23(33)8-6-22/h5-11,14,20-21,24H,4,12-13,15-19H2,1-3H3,(H,35,37,43)(H2,36,38,42,45). The number of urea groups is 1. The van der Waals surface area contributed by atoms with Gasteiger partial charge < -0.3 is 30.1 Å². The van der Waals surface area contributed by atoms with E-state index in [1.54, 1.807) is 24.1 Å². The van der Waals surface area contributed by atoms with E-state index in [1.165, 1.54) is 48.7 Å². The molecule has 0 atom stereocenters. The molecule has 2 aromatic carbocycles. The normalized spacial score (nSPS) is 13.7. The number of likely N-dealkylation sites (tertiary alicyclic amines) is 1. The molecule has 1 aliphatic heterocycles. The molecule has 10 nitrogen and oxygen atoms in total. The summed E-state index contributed by atoms with van der Waals surface area (Å²) in [5.74, 6) is -0.601. The van der Waals surface area contributed by atoms with Crippen LogP contribution >= 0.6 is 12.2 Å². The Kier molecular flexibility index (Phi) is 12.1. The number of piperidine rings is 1. The highest BCUT2D eigenvalue weighted by Gasteiger charge is 2.25. The van der Waals surface area contributed by atoms with Gasteiger partial charge in [0.15, 0.2) is 5.11 Å². The fraction of sp³-hybridized carbons (Fsp3) is 0.375. The smallest absolute Gasteiger partial charge is 0.323 e. The summed E-state index contributed by atoms with van der Waals surface area (Å²) >= 11 is 5.13. The van der Waals surface area contributed by atoms with Gasteiger partial charge in [0.25, 0.3) is 0 Å². The van der Waals surface area contributed by atoms with Gasteiger partial charge in [-0.25, -0.2) is 18.6 Å². The zero-order valence-corrected chi connectivity index (χ0v) is 26.5. The molecular weight excluding hydrogens is 600 g/mol. The summed E-state index contributed by atoms with van der Waals surface area (Å²) in [5.41, 5.74) is 0.650. The number of ether oxygens (including phenoxy) is 1. The predicted octanol–water partition coefficient (Wildman–Crippen LogP) is 5.09. The number of anilines is 2. The zero-order valence-electron chi connectivity index (χ0n) is 25.7. The summed E-state index contributed by atoms with van der Waals surface area (Å²) in [6.07, 6.45) is 4.42. The molecule has 13 heteroatoms. The fourth-order valence-electron chi connectivity index (χ4n) is 4.96. The highest BCUT2D eigenvalue weighted by molar-refractivity contribution is 7.80. The van der Waals surface area contributed by atoms with Gasteiger partial charge in [0.2, 0.25) is 5.91 Å². The Balaban J connectivity index is 1.25. The quantitative estimate of drug-likeness (QED) is 0.250. The number of carbonyl (C=O) groups is 2. The van der Waals surface area contributed by atoms with E-state index >= 15 is 0 Å². The topological polar surface area (TPSA) is 102 Å². The van der Waals surface area contributed by atoms with Gasteiger partial charge in [-0.1, -0.05) is 12.1 Å². The maximum absolute atomic E-state index is 14.8. The van der Waals surface area contributed by atoms with Crippen LogP contribution in [-0.4, -0.2) is 90.1 Å². The lowest BCUT2D eigenvalue weighted by Gasteiger charge is -2.36. The Morgan fingerprint density at radius 1 is 1.00 bits per heavy atom. The maximum Gasteiger partial charge on any atom is 0.323 e. The lowest BCUT2D eigenvalue weighted by atomic mass is 10.0. The number of pyridine rings is 1. The van der Waals surface area contributed by atoms with Crippen molar-refractivity contribution in [3.63, 3.8) is 0 Å². The van der Waals surface area contributed by atoms with Crippen LogP contribution in [0.4, 0.5) is 25.1 Å². The Bertz CT molecular complexity index is 1470. The number of hydrogen-bond donors (Lipinski definition) is 3. The summed E-state index contributed by atoms with van der Waals surface area (Å²) in [7, 11) is 5.95. The van der Waals surface area contributed by atoms with Crippen LogP contribution in [0.25, 0.3) is 0 Å². The molecule has 45 heavy (non-hydrogen) atoms. The fourth-order valence-corrected chi connectivity index (χ4v) is 5.18. The predicted molar refractivity (Wildman–Crippen MR) is 175 cm³/mol. The second-order valence-electron chi connectivity index (χ2n) is 11.2. The van der Waals surface area contributed by atoms with E-state index in [1.807, 2.05) is 0 Å². The van der Waals surface area contributed by atoms with Crippen LogP contribution in [0.1, 0.15) is 24.8 Å². The summed E-state index contributed by atoms with van der Waals surface area (Å²) < 4.78 is 33.7. The molecule has 0 bridgehead atoms. The minimum atomic E-state index is -0.657. The van der Waals surface area contributed by atoms with Crippen molar-refractivity contribution < 1.29 is 23.1 Å². The van der Waals surface area contributed by atoms with Crippen LogP contribution in [-0.2, 0) is 11.2 Å². The van der Waals surface area contributed by atoms with Crippen LogP contribution in [0, 0.1) is 11.6 Å². The van der Waals surface area contributed by atoms with Gasteiger partial charge in [-0.3, -0.25) is 10.1 Å². The minimum Gasteiger partial charge on any atom is -0.457 e. The summed E-state index contributed by atoms with van der Waals surface area (Å²) in [6.45, 7) is 4.04. The zero-order chi connectivity index (χ0) is 32.3. The Hall–Kier alpha value is -4.20. The molecule has 1 aliphatic rings. The van der Waals surface area contributed by atoms with Crippen LogP contribution in [0.3, 0.4) is 0 Å². The van der Waals surface area contributed by atoms with Crippen molar-refractivity contribution in [3.8, 4) is 11.5 Å². The van der Waals surface area contributed by atoms with E-state index < -0.39 is 17.5 Å². The molecule has 1 aromatic heterocycles. The molecule has 1 saturated heterocycles. The van der Waals surface area contributed by atoms with Gasteiger partial charge in [-0.2, -0.15) is 0 Å². The monoisotopic (exact) mass is 639 g/mol. The van der Waals surface area contributed by atoms with E-state index in [-0.39, 0.29) is 35.0 Å². The van der Waals surface area contributed by atoms with Gasteiger partial charge in [0.05, 0.1) is 12.1 Å². The molecule has 4 rings (SSSR count). The van der Waals surface area contributed by atoms with Crippen molar-refractivity contribution in [1.29, 1.82) is 0 Å². The van der Waals surface area contributed by atoms with E-state index in [2.05, 4.69) is 44.8 Å². The van der Waals surface area contributed by atoms with E-state index in [0.29, 0.717) is 17.1 Å². The van der Waals surface area contributed by atoms with Gasteiger partial charge in [0, 0.05) is 44.5 Å². The lowest BCUT2D eigenvalue weighted by Crippen LogP contribution is -2.47. The first kappa shape index (κ1) is 33.7. The number of aromatic nitrogens is 1. The SMILES string of the molecule is CN(C)CCCN1CCC(N(C)C(=O)Nc2cc(Oc3ccc(NC(=S)NC(=O)Cc4ccc(F)cc4)c(F)c3)ccn2)CC1. The van der Waals surface area contributed by atoms with Crippen molar-refractivity contribution in [2.75, 3.05) is 58.0 Å². The molecule has 3 amide bonds. The van der Waals surface area contributed by atoms with Gasteiger partial charge in [0.1, 0.15) is 29.0 Å². The number of benzene rings is 2. The molecule has 0 spiro atoms. The number of rotatable bonds is 11. The largest absolute Gasteiger partial charge is 0.457 e. The summed E-state index contributed by atoms with van der Waals surface area (Å²) in [6, 6.07) is 12.7. The average Bonchev–Trinajstić information content (AvgIpc) is 2.99. The van der Waals surface area contributed by atoms with Crippen molar-refractivity contribution >= 4 is 40.8 Å². The van der Waals surface area contributed by atoms with Crippen molar-refractivity contribution in [3.05, 3.63) is 78.0 Å². The first-order valence-corrected chi connectivity index (χ1v) is 15.2. The number of amides is 3. The van der Waals surface area contributed by atoms with Crippen LogP contribution < -0.4 is 20.7 Å². The number of carbonyl (C=O) groups excluding carboxylic acids is 2. The number of halogens is 2. The molecule has 2 heterocycles. The first-order chi connectivity index (χ1) is 21.5. The molecule has 0 unspecified atom stereocenters. The van der Waals surface area contributed by atoms with Crippen molar-refractivity contribution in [2.45, 2.75) is 31.7 Å².